The van der Waals surface area contributed by atoms with Crippen molar-refractivity contribution in [1.82, 2.24) is 4.90 Å². The second-order valence-corrected chi connectivity index (χ2v) is 8.57. The third-order valence-electron chi connectivity index (χ3n) is 4.17. The predicted octanol–water partition coefficient (Wildman–Crippen LogP) is 3.37. The van der Waals surface area contributed by atoms with E-state index < -0.39 is 8.80 Å². The number of benzene rings is 1. The van der Waals surface area contributed by atoms with Crippen LogP contribution in [0, 0.1) is 0 Å². The van der Waals surface area contributed by atoms with Crippen LogP contribution < -0.4 is 4.90 Å². The number of carbonyl (C=O) groups excluding carboxylic acids is 1. The Morgan fingerprint density at radius 3 is 2.12 bits per heavy atom. The van der Waals surface area contributed by atoms with E-state index in [9.17, 15) is 4.79 Å². The summed E-state index contributed by atoms with van der Waals surface area (Å²) in [4.78, 5) is 16.3. The fraction of sp³-hybridized carbons (Fsp3) is 0.611. The molecule has 0 saturated carbocycles. The molecule has 1 heterocycles. The molecular weight excluding hydrogens is 336 g/mol. The average Bonchev–Trinajstić information content (AvgIpc) is 2.97. The van der Waals surface area contributed by atoms with Crippen LogP contribution in [0.2, 0.25) is 6.04 Å². The van der Waals surface area contributed by atoms with Crippen LogP contribution in [0.4, 0.5) is 10.5 Å². The molecule has 7 heteroatoms. The molecule has 0 N–H and O–H groups in total. The van der Waals surface area contributed by atoms with Crippen LogP contribution in [0.15, 0.2) is 30.3 Å². The maximum absolute atomic E-state index is 12.6. The first-order valence-electron chi connectivity index (χ1n) is 9.19. The van der Waals surface area contributed by atoms with Gasteiger partial charge in [0.15, 0.2) is 0 Å². The van der Waals surface area contributed by atoms with Crippen molar-refractivity contribution < 1.29 is 18.1 Å². The van der Waals surface area contributed by atoms with Crippen molar-refractivity contribution in [2.24, 2.45) is 0 Å². The van der Waals surface area contributed by atoms with Gasteiger partial charge in [0.2, 0.25) is 0 Å². The van der Waals surface area contributed by atoms with Crippen molar-refractivity contribution in [2.45, 2.75) is 33.2 Å². The van der Waals surface area contributed by atoms with Gasteiger partial charge in [0.1, 0.15) is 0 Å². The molecule has 1 aliphatic rings. The minimum absolute atomic E-state index is 0.0719. The lowest BCUT2D eigenvalue weighted by Crippen LogP contribution is -2.46. The number of amides is 2. The molecule has 140 valence electrons. The van der Waals surface area contributed by atoms with Gasteiger partial charge in [0.05, 0.1) is 0 Å². The van der Waals surface area contributed by atoms with Gasteiger partial charge in [-0.2, -0.15) is 0 Å². The van der Waals surface area contributed by atoms with E-state index in [1.165, 1.54) is 0 Å². The van der Waals surface area contributed by atoms with Crippen LogP contribution >= 0.6 is 0 Å². The zero-order valence-corrected chi connectivity index (χ0v) is 16.6. The van der Waals surface area contributed by atoms with Crippen molar-refractivity contribution in [3.05, 3.63) is 30.3 Å². The topological polar surface area (TPSA) is 51.2 Å². The highest BCUT2D eigenvalue weighted by Gasteiger charge is 2.40. The van der Waals surface area contributed by atoms with Gasteiger partial charge in [0.25, 0.3) is 0 Å². The summed E-state index contributed by atoms with van der Waals surface area (Å²) in [5.74, 6) is 0. The van der Waals surface area contributed by atoms with E-state index in [4.69, 9.17) is 13.3 Å². The standard InChI is InChI=1S/C18H30N2O4Si/c1-4-22-25(23-5-2,24-6-3)16-10-13-19-14-15-20(18(19)21)17-11-8-7-9-12-17/h7-9,11-12H,4-6,10,13-16H2,1-3H3. The molecule has 2 rings (SSSR count). The number of carbonyl (C=O) groups is 1. The van der Waals surface area contributed by atoms with Gasteiger partial charge >= 0.3 is 14.8 Å². The molecule has 1 fully saturated rings. The molecule has 1 aromatic rings. The number of hydrogen-bond donors (Lipinski definition) is 0. The van der Waals surface area contributed by atoms with Gasteiger partial charge in [-0.05, 0) is 39.3 Å². The Kier molecular flexibility index (Phi) is 7.89. The lowest BCUT2D eigenvalue weighted by molar-refractivity contribution is 0.0702. The molecule has 0 spiro atoms. The van der Waals surface area contributed by atoms with Crippen molar-refractivity contribution in [3.8, 4) is 0 Å². The molecule has 0 aliphatic carbocycles. The largest absolute Gasteiger partial charge is 0.500 e. The summed E-state index contributed by atoms with van der Waals surface area (Å²) in [6.45, 7) is 9.80. The highest BCUT2D eigenvalue weighted by Crippen LogP contribution is 2.22. The molecule has 0 radical (unpaired) electrons. The summed E-state index contributed by atoms with van der Waals surface area (Å²) in [5.41, 5.74) is 0.955. The average molecular weight is 367 g/mol. The van der Waals surface area contributed by atoms with Crippen molar-refractivity contribution in [2.75, 3.05) is 44.4 Å². The molecule has 0 atom stereocenters. The van der Waals surface area contributed by atoms with Crippen LogP contribution in [0.3, 0.4) is 0 Å². The highest BCUT2D eigenvalue weighted by molar-refractivity contribution is 6.60. The highest BCUT2D eigenvalue weighted by atomic mass is 28.4. The Hall–Kier alpha value is -1.41. The summed E-state index contributed by atoms with van der Waals surface area (Å²) in [6, 6.07) is 10.6. The maximum atomic E-state index is 12.6. The number of urea groups is 1. The summed E-state index contributed by atoms with van der Waals surface area (Å²) in [5, 5.41) is 0. The van der Waals surface area contributed by atoms with Crippen molar-refractivity contribution in [3.63, 3.8) is 0 Å². The molecule has 2 amide bonds. The molecule has 6 nitrogen and oxygen atoms in total. The monoisotopic (exact) mass is 366 g/mol. The summed E-state index contributed by atoms with van der Waals surface area (Å²) >= 11 is 0. The van der Waals surface area contributed by atoms with Gasteiger partial charge in [-0.15, -0.1) is 0 Å². The summed E-state index contributed by atoms with van der Waals surface area (Å²) in [6.07, 6.45) is 0.820. The van der Waals surface area contributed by atoms with E-state index in [1.807, 2.05) is 60.9 Å². The number of para-hydroxylation sites is 1. The first-order valence-corrected chi connectivity index (χ1v) is 11.1. The van der Waals surface area contributed by atoms with Crippen molar-refractivity contribution >= 4 is 20.5 Å². The second-order valence-electron chi connectivity index (χ2n) is 5.84. The quantitative estimate of drug-likeness (QED) is 0.564. The number of nitrogens with zero attached hydrogens (tertiary/aromatic N) is 2. The molecule has 1 aliphatic heterocycles. The molecule has 1 saturated heterocycles. The Bertz CT molecular complexity index is 512. The van der Waals surface area contributed by atoms with Crippen LogP contribution in [-0.4, -0.2) is 59.2 Å². The minimum Gasteiger partial charge on any atom is -0.374 e. The predicted molar refractivity (Wildman–Crippen MR) is 101 cm³/mol. The van der Waals surface area contributed by atoms with E-state index in [1.54, 1.807) is 0 Å². The van der Waals surface area contributed by atoms with E-state index in [0.29, 0.717) is 26.4 Å². The fourth-order valence-corrected chi connectivity index (χ4v) is 5.72. The van der Waals surface area contributed by atoms with E-state index in [0.717, 1.165) is 31.2 Å². The molecule has 0 aromatic heterocycles. The second kappa shape index (κ2) is 9.91. The van der Waals surface area contributed by atoms with Gasteiger partial charge < -0.3 is 18.2 Å². The van der Waals surface area contributed by atoms with Crippen LogP contribution in [0.5, 0.6) is 0 Å². The number of hydrogen-bond acceptors (Lipinski definition) is 4. The Morgan fingerprint density at radius 1 is 0.960 bits per heavy atom. The zero-order valence-electron chi connectivity index (χ0n) is 15.6. The van der Waals surface area contributed by atoms with E-state index in [2.05, 4.69) is 0 Å². The lowest BCUT2D eigenvalue weighted by atomic mass is 10.3. The van der Waals surface area contributed by atoms with Gasteiger partial charge in [-0.1, -0.05) is 18.2 Å². The van der Waals surface area contributed by atoms with Crippen molar-refractivity contribution in [1.29, 1.82) is 0 Å². The first kappa shape index (κ1) is 19.9. The lowest BCUT2D eigenvalue weighted by Gasteiger charge is -2.29. The first-order chi connectivity index (χ1) is 12.2. The zero-order chi connectivity index (χ0) is 18.1. The van der Waals surface area contributed by atoms with Crippen LogP contribution in [0.1, 0.15) is 27.2 Å². The Morgan fingerprint density at radius 2 is 1.56 bits per heavy atom. The maximum Gasteiger partial charge on any atom is 0.500 e. The number of anilines is 1. The smallest absolute Gasteiger partial charge is 0.374 e. The molecular formula is C18H30N2O4Si. The van der Waals surface area contributed by atoms with Gasteiger partial charge in [-0.3, -0.25) is 4.90 Å². The third-order valence-corrected chi connectivity index (χ3v) is 7.32. The SMILES string of the molecule is CCO[Si](CCCN1CCN(c2ccccc2)C1=O)(OCC)OCC. The number of rotatable bonds is 11. The Labute approximate surface area is 152 Å². The van der Waals surface area contributed by atoms with E-state index in [-0.39, 0.29) is 6.03 Å². The van der Waals surface area contributed by atoms with Crippen LogP contribution in [0.25, 0.3) is 0 Å². The fourth-order valence-electron chi connectivity index (χ4n) is 3.13. The summed E-state index contributed by atoms with van der Waals surface area (Å²) < 4.78 is 17.6. The van der Waals surface area contributed by atoms with Gasteiger partial charge in [0, 0.05) is 51.2 Å². The summed E-state index contributed by atoms with van der Waals surface area (Å²) in [7, 11) is -2.62. The normalized spacial score (nSPS) is 15.2. The third kappa shape index (κ3) is 5.28. The van der Waals surface area contributed by atoms with Crippen LogP contribution in [-0.2, 0) is 13.3 Å². The van der Waals surface area contributed by atoms with Gasteiger partial charge in [-0.25, -0.2) is 4.79 Å². The molecule has 0 bridgehead atoms. The molecule has 1 aromatic carbocycles. The molecule has 0 unspecified atom stereocenters. The molecule has 25 heavy (non-hydrogen) atoms. The van der Waals surface area contributed by atoms with E-state index >= 15 is 0 Å². The Balaban J connectivity index is 1.89. The minimum atomic E-state index is -2.62.